The van der Waals surface area contributed by atoms with Crippen LogP contribution < -0.4 is 10.6 Å². The van der Waals surface area contributed by atoms with E-state index >= 15 is 0 Å². The molecule has 0 spiro atoms. The molecule has 192 valence electrons. The number of thiophene rings is 1. The van der Waals surface area contributed by atoms with Crippen molar-refractivity contribution in [3.63, 3.8) is 0 Å². The summed E-state index contributed by atoms with van der Waals surface area (Å²) in [6, 6.07) is 9.39. The van der Waals surface area contributed by atoms with E-state index < -0.39 is 5.97 Å². The molecule has 10 heteroatoms. The largest absolute Gasteiger partial charge is 0.477 e. The summed E-state index contributed by atoms with van der Waals surface area (Å²) in [5, 5.41) is 14.6. The van der Waals surface area contributed by atoms with Crippen LogP contribution in [-0.4, -0.2) is 42.8 Å². The molecule has 1 amide bonds. The fourth-order valence-electron chi connectivity index (χ4n) is 4.93. The van der Waals surface area contributed by atoms with Crippen LogP contribution in [-0.2, 0) is 4.79 Å². The van der Waals surface area contributed by atoms with E-state index in [1.807, 2.05) is 44.2 Å². The highest BCUT2D eigenvalue weighted by atomic mass is 32.1. The molecule has 0 radical (unpaired) electrons. The third-order valence-electron chi connectivity index (χ3n) is 7.03. The van der Waals surface area contributed by atoms with Gasteiger partial charge in [-0.05, 0) is 69.2 Å². The number of aromatic nitrogens is 4. The van der Waals surface area contributed by atoms with Crippen LogP contribution in [0.4, 0.5) is 11.6 Å². The Bertz CT molecular complexity index is 1450. The van der Waals surface area contributed by atoms with Gasteiger partial charge in [0.25, 0.3) is 0 Å². The summed E-state index contributed by atoms with van der Waals surface area (Å²) in [5.74, 6) is -0.00514. The van der Waals surface area contributed by atoms with Crippen LogP contribution in [0, 0.1) is 11.8 Å². The van der Waals surface area contributed by atoms with Crippen molar-refractivity contribution in [2.45, 2.75) is 52.5 Å². The van der Waals surface area contributed by atoms with Gasteiger partial charge in [-0.2, -0.15) is 0 Å². The normalized spacial score (nSPS) is 17.8. The summed E-state index contributed by atoms with van der Waals surface area (Å²) >= 11 is 1.52. The van der Waals surface area contributed by atoms with E-state index in [-0.39, 0.29) is 29.2 Å². The molecule has 3 aromatic heterocycles. The summed E-state index contributed by atoms with van der Waals surface area (Å²) in [6.45, 7) is 6.00. The lowest BCUT2D eigenvalue weighted by atomic mass is 9.82. The van der Waals surface area contributed by atoms with Gasteiger partial charge in [0.15, 0.2) is 5.82 Å². The van der Waals surface area contributed by atoms with Crippen LogP contribution in [0.15, 0.2) is 42.9 Å². The lowest BCUT2D eigenvalue weighted by Crippen LogP contribution is -2.43. The van der Waals surface area contributed by atoms with Crippen LogP contribution in [0.3, 0.4) is 0 Å². The molecule has 1 aliphatic carbocycles. The van der Waals surface area contributed by atoms with Gasteiger partial charge in [-0.1, -0.05) is 19.1 Å². The molecule has 4 aromatic rings. The number of hydrogen-bond donors (Lipinski definition) is 2. The minimum Gasteiger partial charge on any atom is -0.477 e. The summed E-state index contributed by atoms with van der Waals surface area (Å²) in [5.41, 5.74) is 8.46. The Kier molecular flexibility index (Phi) is 6.68. The highest BCUT2D eigenvalue weighted by molar-refractivity contribution is 7.22. The van der Waals surface area contributed by atoms with Crippen molar-refractivity contribution < 1.29 is 14.7 Å². The molecular weight excluding hydrogens is 488 g/mol. The molecule has 3 heterocycles. The highest BCUT2D eigenvalue weighted by Gasteiger charge is 2.34. The number of carbonyl (C=O) groups excluding carboxylic acids is 1. The second kappa shape index (κ2) is 9.93. The first kappa shape index (κ1) is 24.9. The van der Waals surface area contributed by atoms with Crippen molar-refractivity contribution in [2.75, 3.05) is 10.6 Å². The van der Waals surface area contributed by atoms with Crippen molar-refractivity contribution in [2.24, 2.45) is 11.8 Å². The first-order chi connectivity index (χ1) is 17.7. The fraction of sp³-hybridized carbons (Fsp3) is 0.370. The van der Waals surface area contributed by atoms with E-state index in [2.05, 4.69) is 22.0 Å². The number of nitrogen functional groups attached to an aromatic ring is 1. The molecule has 0 unspecified atom stereocenters. The number of benzene rings is 1. The van der Waals surface area contributed by atoms with E-state index in [1.165, 1.54) is 28.5 Å². The third-order valence-corrected chi connectivity index (χ3v) is 8.22. The first-order valence-electron chi connectivity index (χ1n) is 12.5. The molecule has 0 atom stereocenters. The monoisotopic (exact) mass is 518 g/mol. The second-order valence-electron chi connectivity index (χ2n) is 10.0. The maximum absolute atomic E-state index is 13.5. The number of hydrogen-bond acceptors (Lipinski definition) is 7. The molecule has 5 rings (SSSR count). The van der Waals surface area contributed by atoms with E-state index in [1.54, 1.807) is 4.90 Å². The van der Waals surface area contributed by atoms with Crippen LogP contribution >= 0.6 is 11.3 Å². The minimum atomic E-state index is -1.11. The number of nitrogens with zero attached hydrogens (tertiary/aromatic N) is 5. The van der Waals surface area contributed by atoms with Gasteiger partial charge >= 0.3 is 5.97 Å². The number of carboxylic acid groups (broad SMARTS) is 1. The average molecular weight is 519 g/mol. The lowest BCUT2D eigenvalue weighted by Gasteiger charge is -2.32. The Morgan fingerprint density at radius 2 is 1.84 bits per heavy atom. The van der Waals surface area contributed by atoms with Gasteiger partial charge < -0.3 is 10.8 Å². The Morgan fingerprint density at radius 3 is 2.46 bits per heavy atom. The summed E-state index contributed by atoms with van der Waals surface area (Å²) in [6.07, 6.45) is 6.59. The molecule has 3 N–H and O–H groups in total. The minimum absolute atomic E-state index is 0.00820. The van der Waals surface area contributed by atoms with E-state index in [0.29, 0.717) is 17.4 Å². The number of amides is 1. The standard InChI is InChI=1S/C27H30N6O3S/c1-15(2)33(26(34)18-6-4-16(3)5-7-18)25-20(27(35)36)13-32(31-25)19-10-8-17(9-11-19)22-12-21-23(37-22)24(28)30-14-29-21/h8-16,18H,4-7H2,1-3H3,(H,35,36)(H2,28,29,30)/t16-,18-. The average Bonchev–Trinajstić information content (AvgIpc) is 3.50. The van der Waals surface area contributed by atoms with Crippen LogP contribution in [0.2, 0.25) is 0 Å². The zero-order valence-electron chi connectivity index (χ0n) is 21.1. The van der Waals surface area contributed by atoms with E-state index in [9.17, 15) is 14.7 Å². The number of carbonyl (C=O) groups is 2. The topological polar surface area (TPSA) is 127 Å². The highest BCUT2D eigenvalue weighted by Crippen LogP contribution is 2.36. The first-order valence-corrected chi connectivity index (χ1v) is 13.3. The lowest BCUT2D eigenvalue weighted by molar-refractivity contribution is -0.124. The molecule has 1 aromatic carbocycles. The molecule has 0 saturated heterocycles. The quantitative estimate of drug-likeness (QED) is 0.350. The summed E-state index contributed by atoms with van der Waals surface area (Å²) < 4.78 is 2.37. The van der Waals surface area contributed by atoms with Crippen molar-refractivity contribution >= 4 is 45.1 Å². The van der Waals surface area contributed by atoms with Gasteiger partial charge in [0, 0.05) is 23.0 Å². The number of nitrogens with two attached hydrogens (primary N) is 1. The van der Waals surface area contributed by atoms with Crippen molar-refractivity contribution in [1.82, 2.24) is 19.7 Å². The third kappa shape index (κ3) is 4.81. The Morgan fingerprint density at radius 1 is 1.14 bits per heavy atom. The van der Waals surface area contributed by atoms with Gasteiger partial charge in [0.1, 0.15) is 17.7 Å². The SMILES string of the molecule is CC(C)N(c1nn(-c2ccc(-c3cc4ncnc(N)c4s3)cc2)cc1C(=O)O)C(=O)[C@H]1CC[C@H](C)CC1. The molecule has 0 aliphatic heterocycles. The fourth-order valence-corrected chi connectivity index (χ4v) is 5.94. The van der Waals surface area contributed by atoms with E-state index in [0.717, 1.165) is 46.3 Å². The number of aromatic carboxylic acids is 1. The maximum Gasteiger partial charge on any atom is 0.341 e. The maximum atomic E-state index is 13.5. The Labute approximate surface area is 219 Å². The molecule has 0 bridgehead atoms. The number of carboxylic acids is 1. The number of anilines is 2. The second-order valence-corrected chi connectivity index (χ2v) is 11.1. The van der Waals surface area contributed by atoms with Crippen LogP contribution in [0.1, 0.15) is 56.8 Å². The van der Waals surface area contributed by atoms with E-state index in [4.69, 9.17) is 5.73 Å². The zero-order valence-corrected chi connectivity index (χ0v) is 21.9. The molecule has 1 aliphatic rings. The van der Waals surface area contributed by atoms with Crippen molar-refractivity contribution in [3.8, 4) is 16.1 Å². The molecule has 37 heavy (non-hydrogen) atoms. The van der Waals surface area contributed by atoms with Gasteiger partial charge in [0.05, 0.1) is 15.9 Å². The van der Waals surface area contributed by atoms with Crippen LogP contribution in [0.25, 0.3) is 26.3 Å². The summed E-state index contributed by atoms with van der Waals surface area (Å²) in [7, 11) is 0. The van der Waals surface area contributed by atoms with Crippen molar-refractivity contribution in [1.29, 1.82) is 0 Å². The Hall–Kier alpha value is -3.79. The van der Waals surface area contributed by atoms with Gasteiger partial charge in [-0.15, -0.1) is 16.4 Å². The number of fused-ring (bicyclic) bond motifs is 1. The number of rotatable bonds is 6. The van der Waals surface area contributed by atoms with Gasteiger partial charge in [-0.3, -0.25) is 9.69 Å². The summed E-state index contributed by atoms with van der Waals surface area (Å²) in [4.78, 5) is 36.6. The predicted molar refractivity (Wildman–Crippen MR) is 145 cm³/mol. The molecule has 9 nitrogen and oxygen atoms in total. The zero-order chi connectivity index (χ0) is 26.3. The van der Waals surface area contributed by atoms with Crippen LogP contribution in [0.5, 0.6) is 0 Å². The molecular formula is C27H30N6O3S. The predicted octanol–water partition coefficient (Wildman–Crippen LogP) is 5.39. The smallest absolute Gasteiger partial charge is 0.341 e. The van der Waals surface area contributed by atoms with Gasteiger partial charge in [0.2, 0.25) is 5.91 Å². The molecule has 1 fully saturated rings. The van der Waals surface area contributed by atoms with Gasteiger partial charge in [-0.25, -0.2) is 19.4 Å². The molecule has 1 saturated carbocycles. The van der Waals surface area contributed by atoms with Crippen molar-refractivity contribution in [3.05, 3.63) is 48.4 Å². The Balaban J connectivity index is 1.46.